The lowest BCUT2D eigenvalue weighted by Gasteiger charge is -2.13. The highest BCUT2D eigenvalue weighted by Gasteiger charge is 2.08. The first-order chi connectivity index (χ1) is 9.22. The third-order valence-corrected chi connectivity index (χ3v) is 3.19. The minimum atomic E-state index is -0.0165. The molecule has 0 aliphatic rings. The Morgan fingerprint density at radius 1 is 1.37 bits per heavy atom. The normalized spacial score (nSPS) is 12.4. The summed E-state index contributed by atoms with van der Waals surface area (Å²) in [5.41, 5.74) is 2.15. The summed E-state index contributed by atoms with van der Waals surface area (Å²) in [6.07, 6.45) is 2.65. The Bertz CT molecular complexity index is 522. The fraction of sp³-hybridized carbons (Fsp3) is 0.429. The van der Waals surface area contributed by atoms with Crippen molar-refractivity contribution >= 4 is 17.3 Å². The quantitative estimate of drug-likeness (QED) is 0.821. The van der Waals surface area contributed by atoms with Crippen molar-refractivity contribution in [1.82, 2.24) is 14.8 Å². The lowest BCUT2D eigenvalue weighted by Crippen LogP contribution is -2.11. The van der Waals surface area contributed by atoms with Crippen LogP contribution in [0.1, 0.15) is 37.0 Å². The third-order valence-electron chi connectivity index (χ3n) is 2.96. The standard InChI is InChI=1S/C14H19ClN4/c1-3-8-19-14(17-10-18-19)9-16-13-7-5-4-6-12(13)11(2)15/h4-7,10-11,16H,3,8-9H2,1-2H3. The van der Waals surface area contributed by atoms with Crippen LogP contribution in [-0.2, 0) is 13.1 Å². The fourth-order valence-corrected chi connectivity index (χ4v) is 2.19. The van der Waals surface area contributed by atoms with E-state index in [1.807, 2.05) is 35.9 Å². The monoisotopic (exact) mass is 278 g/mol. The predicted molar refractivity (Wildman–Crippen MR) is 78.3 cm³/mol. The predicted octanol–water partition coefficient (Wildman–Crippen LogP) is 3.60. The van der Waals surface area contributed by atoms with Gasteiger partial charge in [-0.3, -0.25) is 0 Å². The molecule has 19 heavy (non-hydrogen) atoms. The van der Waals surface area contributed by atoms with E-state index in [2.05, 4.69) is 22.3 Å². The first-order valence-electron chi connectivity index (χ1n) is 6.56. The molecule has 0 aliphatic carbocycles. The molecule has 4 nitrogen and oxygen atoms in total. The van der Waals surface area contributed by atoms with Crippen LogP contribution >= 0.6 is 11.6 Å². The molecule has 2 rings (SSSR count). The number of benzene rings is 1. The van der Waals surface area contributed by atoms with Crippen molar-refractivity contribution in [3.05, 3.63) is 42.0 Å². The van der Waals surface area contributed by atoms with Crippen LogP contribution in [0.15, 0.2) is 30.6 Å². The molecule has 0 radical (unpaired) electrons. The van der Waals surface area contributed by atoms with Gasteiger partial charge in [0.2, 0.25) is 0 Å². The van der Waals surface area contributed by atoms with Crippen molar-refractivity contribution in [1.29, 1.82) is 0 Å². The number of para-hydroxylation sites is 1. The van der Waals surface area contributed by atoms with Crippen molar-refractivity contribution in [2.75, 3.05) is 5.32 Å². The Morgan fingerprint density at radius 3 is 2.89 bits per heavy atom. The van der Waals surface area contributed by atoms with Crippen molar-refractivity contribution < 1.29 is 0 Å². The van der Waals surface area contributed by atoms with E-state index < -0.39 is 0 Å². The Morgan fingerprint density at radius 2 is 2.16 bits per heavy atom. The molecule has 0 fully saturated rings. The van der Waals surface area contributed by atoms with E-state index in [-0.39, 0.29) is 5.38 Å². The number of hydrogen-bond donors (Lipinski definition) is 1. The van der Waals surface area contributed by atoms with Crippen LogP contribution in [0.25, 0.3) is 0 Å². The van der Waals surface area contributed by atoms with Gasteiger partial charge in [-0.25, -0.2) is 9.67 Å². The maximum Gasteiger partial charge on any atom is 0.146 e. The maximum absolute atomic E-state index is 6.18. The summed E-state index contributed by atoms with van der Waals surface area (Å²) < 4.78 is 1.93. The number of aryl methyl sites for hydroxylation is 1. The van der Waals surface area contributed by atoms with Gasteiger partial charge in [0.05, 0.1) is 11.9 Å². The van der Waals surface area contributed by atoms with E-state index in [0.29, 0.717) is 6.54 Å². The molecule has 0 amide bonds. The lowest BCUT2D eigenvalue weighted by atomic mass is 10.1. The van der Waals surface area contributed by atoms with Gasteiger partial charge >= 0.3 is 0 Å². The molecule has 1 N–H and O–H groups in total. The largest absolute Gasteiger partial charge is 0.377 e. The van der Waals surface area contributed by atoms with Gasteiger partial charge < -0.3 is 5.32 Å². The summed E-state index contributed by atoms with van der Waals surface area (Å²) in [6, 6.07) is 8.08. The number of nitrogens with zero attached hydrogens (tertiary/aromatic N) is 3. The Kier molecular flexibility index (Phi) is 4.80. The van der Waals surface area contributed by atoms with E-state index in [0.717, 1.165) is 30.0 Å². The number of anilines is 1. The van der Waals surface area contributed by atoms with Crippen LogP contribution in [0.2, 0.25) is 0 Å². The molecule has 0 aliphatic heterocycles. The molecule has 0 saturated carbocycles. The van der Waals surface area contributed by atoms with Crippen molar-refractivity contribution in [2.24, 2.45) is 0 Å². The van der Waals surface area contributed by atoms with Crippen LogP contribution in [0.5, 0.6) is 0 Å². The number of alkyl halides is 1. The fourth-order valence-electron chi connectivity index (χ4n) is 2.00. The van der Waals surface area contributed by atoms with Gasteiger partial charge in [-0.1, -0.05) is 25.1 Å². The average molecular weight is 279 g/mol. The van der Waals surface area contributed by atoms with Gasteiger partial charge in [0.15, 0.2) is 0 Å². The zero-order valence-corrected chi connectivity index (χ0v) is 12.1. The van der Waals surface area contributed by atoms with Gasteiger partial charge in [0, 0.05) is 12.2 Å². The molecule has 102 valence electrons. The molecule has 5 heteroatoms. The smallest absolute Gasteiger partial charge is 0.146 e. The topological polar surface area (TPSA) is 42.7 Å². The highest BCUT2D eigenvalue weighted by atomic mass is 35.5. The molecule has 0 saturated heterocycles. The summed E-state index contributed by atoms with van der Waals surface area (Å²) in [5, 5.41) is 7.59. The molecule has 0 bridgehead atoms. The van der Waals surface area contributed by atoms with E-state index in [4.69, 9.17) is 11.6 Å². The molecule has 0 spiro atoms. The molecule has 1 aromatic carbocycles. The second-order valence-corrected chi connectivity index (χ2v) is 5.11. The van der Waals surface area contributed by atoms with Crippen LogP contribution in [-0.4, -0.2) is 14.8 Å². The zero-order valence-electron chi connectivity index (χ0n) is 11.3. The maximum atomic E-state index is 6.18. The summed E-state index contributed by atoms with van der Waals surface area (Å²) >= 11 is 6.18. The number of nitrogens with one attached hydrogen (secondary N) is 1. The molecule has 2 aromatic rings. The van der Waals surface area contributed by atoms with Crippen LogP contribution < -0.4 is 5.32 Å². The molecule has 1 atom stereocenters. The third kappa shape index (κ3) is 3.47. The minimum Gasteiger partial charge on any atom is -0.377 e. The van der Waals surface area contributed by atoms with Gasteiger partial charge in [-0.05, 0) is 25.0 Å². The van der Waals surface area contributed by atoms with E-state index in [1.165, 1.54) is 0 Å². The van der Waals surface area contributed by atoms with Gasteiger partial charge in [-0.2, -0.15) is 5.10 Å². The highest BCUT2D eigenvalue weighted by Crippen LogP contribution is 2.27. The molecular formula is C14H19ClN4. The zero-order chi connectivity index (χ0) is 13.7. The van der Waals surface area contributed by atoms with Crippen LogP contribution in [0, 0.1) is 0 Å². The first kappa shape index (κ1) is 13.9. The summed E-state index contributed by atoms with van der Waals surface area (Å²) in [4.78, 5) is 4.28. The SMILES string of the molecule is CCCn1ncnc1CNc1ccccc1C(C)Cl. The lowest BCUT2D eigenvalue weighted by molar-refractivity contribution is 0.574. The highest BCUT2D eigenvalue weighted by molar-refractivity contribution is 6.21. The molecule has 1 heterocycles. The average Bonchev–Trinajstić information content (AvgIpc) is 2.84. The van der Waals surface area contributed by atoms with Crippen LogP contribution in [0.3, 0.4) is 0 Å². The van der Waals surface area contributed by atoms with Gasteiger partial charge in [-0.15, -0.1) is 11.6 Å². The number of rotatable bonds is 6. The number of hydrogen-bond acceptors (Lipinski definition) is 3. The van der Waals surface area contributed by atoms with Gasteiger partial charge in [0.25, 0.3) is 0 Å². The van der Waals surface area contributed by atoms with Crippen molar-refractivity contribution in [3.8, 4) is 0 Å². The summed E-state index contributed by atoms with van der Waals surface area (Å²) in [5.74, 6) is 0.943. The molecule has 1 aromatic heterocycles. The first-order valence-corrected chi connectivity index (χ1v) is 6.99. The van der Waals surface area contributed by atoms with E-state index in [1.54, 1.807) is 6.33 Å². The van der Waals surface area contributed by atoms with Crippen molar-refractivity contribution in [3.63, 3.8) is 0 Å². The van der Waals surface area contributed by atoms with E-state index in [9.17, 15) is 0 Å². The Labute approximate surface area is 118 Å². The van der Waals surface area contributed by atoms with Gasteiger partial charge in [0.1, 0.15) is 12.2 Å². The Balaban J connectivity index is 2.08. The van der Waals surface area contributed by atoms with E-state index >= 15 is 0 Å². The van der Waals surface area contributed by atoms with Crippen LogP contribution in [0.4, 0.5) is 5.69 Å². The second kappa shape index (κ2) is 6.57. The summed E-state index contributed by atoms with van der Waals surface area (Å²) in [7, 11) is 0. The second-order valence-electron chi connectivity index (χ2n) is 4.46. The summed E-state index contributed by atoms with van der Waals surface area (Å²) in [6.45, 7) is 5.65. The molecular weight excluding hydrogens is 260 g/mol. The molecule has 1 unspecified atom stereocenters. The minimum absolute atomic E-state index is 0.0165. The van der Waals surface area contributed by atoms with Crippen molar-refractivity contribution in [2.45, 2.75) is 38.7 Å². The Hall–Kier alpha value is -1.55. The number of aromatic nitrogens is 3. The number of halogens is 1.